The Hall–Kier alpha value is -1.27. The molecular weight excluding hydrogens is 228 g/mol. The molecule has 2 heterocycles. The van der Waals surface area contributed by atoms with Gasteiger partial charge in [0, 0.05) is 17.8 Å². The van der Waals surface area contributed by atoms with Crippen LogP contribution in [0, 0.1) is 0 Å². The molecule has 2 aromatic rings. The zero-order valence-corrected chi connectivity index (χ0v) is 9.81. The second-order valence-corrected chi connectivity index (χ2v) is 4.14. The molecule has 2 rings (SSSR count). The van der Waals surface area contributed by atoms with Gasteiger partial charge in [0.05, 0.1) is 5.69 Å². The van der Waals surface area contributed by atoms with E-state index in [2.05, 4.69) is 22.2 Å². The molecule has 0 spiro atoms. The van der Waals surface area contributed by atoms with Crippen molar-refractivity contribution in [3.8, 4) is 0 Å². The van der Waals surface area contributed by atoms with Gasteiger partial charge in [-0.05, 0) is 18.6 Å². The number of anilines is 1. The van der Waals surface area contributed by atoms with Crippen molar-refractivity contribution in [3.63, 3.8) is 0 Å². The summed E-state index contributed by atoms with van der Waals surface area (Å²) in [4.78, 5) is 8.29. The van der Waals surface area contributed by atoms with Crippen molar-refractivity contribution in [2.45, 2.75) is 13.3 Å². The molecule has 0 radical (unpaired) electrons. The zero-order valence-electron chi connectivity index (χ0n) is 8.17. The molecule has 4 nitrogen and oxygen atoms in total. The largest absolute Gasteiger partial charge is 0.308 e. The summed E-state index contributed by atoms with van der Waals surface area (Å²) in [5, 5.41) is 6.50. The molecule has 0 bridgehead atoms. The number of aryl methyl sites for hydroxylation is 1. The second-order valence-electron chi connectivity index (χ2n) is 2.90. The molecule has 1 N–H and O–H groups in total. The van der Waals surface area contributed by atoms with E-state index in [1.165, 1.54) is 0 Å². The first-order valence-corrected chi connectivity index (χ1v) is 5.82. The molecule has 0 aliphatic rings. The van der Waals surface area contributed by atoms with Crippen molar-refractivity contribution in [2.24, 2.45) is 0 Å². The van der Waals surface area contributed by atoms with Gasteiger partial charge < -0.3 is 5.32 Å². The number of aromatic nitrogens is 3. The molecule has 0 fully saturated rings. The Bertz CT molecular complexity index is 446. The molecule has 2 aromatic heterocycles. The van der Waals surface area contributed by atoms with E-state index < -0.39 is 0 Å². The van der Waals surface area contributed by atoms with Crippen molar-refractivity contribution in [1.82, 2.24) is 14.5 Å². The Kier molecular flexibility index (Phi) is 3.08. The van der Waals surface area contributed by atoms with E-state index in [1.54, 1.807) is 34.6 Å². The highest BCUT2D eigenvalue weighted by atomic mass is 32.1. The number of thiazole rings is 1. The van der Waals surface area contributed by atoms with Crippen molar-refractivity contribution in [1.29, 1.82) is 0 Å². The van der Waals surface area contributed by atoms with Crippen molar-refractivity contribution in [3.05, 3.63) is 29.8 Å². The monoisotopic (exact) mass is 238 g/mol. The van der Waals surface area contributed by atoms with Crippen LogP contribution in [0.3, 0.4) is 0 Å². The van der Waals surface area contributed by atoms with E-state index in [0.717, 1.165) is 17.2 Å². The summed E-state index contributed by atoms with van der Waals surface area (Å²) >= 11 is 6.74. The van der Waals surface area contributed by atoms with Crippen LogP contribution in [0.25, 0.3) is 0 Å². The standard InChI is InChI=1S/C9H10N4S2/c1-2-7-5-15-8(11-7)12-9(14)13-4-3-10-6-13/h3-6H,2H2,1H3,(H,11,12,14). The topological polar surface area (TPSA) is 42.7 Å². The number of nitrogens with one attached hydrogen (secondary N) is 1. The molecule has 0 saturated heterocycles. The van der Waals surface area contributed by atoms with Gasteiger partial charge in [0.2, 0.25) is 0 Å². The zero-order chi connectivity index (χ0) is 10.7. The van der Waals surface area contributed by atoms with Crippen LogP contribution in [-0.2, 0) is 6.42 Å². The van der Waals surface area contributed by atoms with Crippen molar-refractivity contribution in [2.75, 3.05) is 5.32 Å². The Morgan fingerprint density at radius 2 is 2.53 bits per heavy atom. The first-order chi connectivity index (χ1) is 7.29. The van der Waals surface area contributed by atoms with Gasteiger partial charge in [0.25, 0.3) is 0 Å². The predicted molar refractivity (Wildman–Crippen MR) is 65.3 cm³/mol. The Labute approximate surface area is 97.0 Å². The molecule has 6 heteroatoms. The minimum Gasteiger partial charge on any atom is -0.308 e. The van der Waals surface area contributed by atoms with E-state index >= 15 is 0 Å². The summed E-state index contributed by atoms with van der Waals surface area (Å²) in [5.74, 6) is 0. The average molecular weight is 238 g/mol. The first kappa shape index (κ1) is 10.3. The number of hydrogen-bond donors (Lipinski definition) is 1. The normalized spacial score (nSPS) is 10.2. The average Bonchev–Trinajstić information content (AvgIpc) is 2.87. The first-order valence-electron chi connectivity index (χ1n) is 4.53. The van der Waals surface area contributed by atoms with Crippen LogP contribution in [-0.4, -0.2) is 19.6 Å². The minimum absolute atomic E-state index is 0.588. The Morgan fingerprint density at radius 3 is 3.13 bits per heavy atom. The fourth-order valence-electron chi connectivity index (χ4n) is 1.06. The Balaban J connectivity index is 2.06. The fourth-order valence-corrected chi connectivity index (χ4v) is 2.12. The lowest BCUT2D eigenvalue weighted by Gasteiger charge is -2.03. The van der Waals surface area contributed by atoms with Gasteiger partial charge in [0.1, 0.15) is 6.33 Å². The second kappa shape index (κ2) is 4.50. The Morgan fingerprint density at radius 1 is 1.67 bits per heavy atom. The maximum absolute atomic E-state index is 5.18. The quantitative estimate of drug-likeness (QED) is 0.814. The molecule has 0 saturated carbocycles. The van der Waals surface area contributed by atoms with Crippen LogP contribution in [0.5, 0.6) is 0 Å². The molecule has 0 amide bonds. The smallest absolute Gasteiger partial charge is 0.189 e. The molecule has 15 heavy (non-hydrogen) atoms. The van der Waals surface area contributed by atoms with E-state index in [4.69, 9.17) is 12.2 Å². The molecule has 78 valence electrons. The predicted octanol–water partition coefficient (Wildman–Crippen LogP) is 2.15. The molecule has 0 aliphatic carbocycles. The van der Waals surface area contributed by atoms with Crippen LogP contribution in [0.1, 0.15) is 12.6 Å². The van der Waals surface area contributed by atoms with Crippen molar-refractivity contribution >= 4 is 33.8 Å². The fraction of sp³-hybridized carbons (Fsp3) is 0.222. The molecular formula is C9H10N4S2. The third-order valence-corrected chi connectivity index (χ3v) is 2.99. The number of rotatable bonds is 2. The van der Waals surface area contributed by atoms with Gasteiger partial charge in [-0.15, -0.1) is 11.3 Å². The SMILES string of the molecule is CCc1csc(NC(=S)n2ccnc2)n1. The van der Waals surface area contributed by atoms with Crippen LogP contribution >= 0.6 is 23.6 Å². The molecule has 0 unspecified atom stereocenters. The molecule has 0 aromatic carbocycles. The summed E-state index contributed by atoms with van der Waals surface area (Å²) in [6.07, 6.45) is 6.08. The van der Waals surface area contributed by atoms with Crippen LogP contribution in [0.4, 0.5) is 5.13 Å². The van der Waals surface area contributed by atoms with E-state index in [-0.39, 0.29) is 0 Å². The maximum Gasteiger partial charge on any atom is 0.189 e. The minimum atomic E-state index is 0.588. The lowest BCUT2D eigenvalue weighted by Crippen LogP contribution is -2.17. The lowest BCUT2D eigenvalue weighted by atomic mass is 10.4. The van der Waals surface area contributed by atoms with Crippen LogP contribution in [0.15, 0.2) is 24.1 Å². The van der Waals surface area contributed by atoms with Gasteiger partial charge in [-0.1, -0.05) is 6.92 Å². The van der Waals surface area contributed by atoms with E-state index in [9.17, 15) is 0 Å². The van der Waals surface area contributed by atoms with Gasteiger partial charge in [-0.25, -0.2) is 9.97 Å². The van der Waals surface area contributed by atoms with Crippen molar-refractivity contribution < 1.29 is 0 Å². The summed E-state index contributed by atoms with van der Waals surface area (Å²) in [5.41, 5.74) is 1.08. The van der Waals surface area contributed by atoms with Gasteiger partial charge >= 0.3 is 0 Å². The van der Waals surface area contributed by atoms with Crippen LogP contribution in [0.2, 0.25) is 0 Å². The summed E-state index contributed by atoms with van der Waals surface area (Å²) < 4.78 is 1.74. The summed E-state index contributed by atoms with van der Waals surface area (Å²) in [7, 11) is 0. The van der Waals surface area contributed by atoms with Gasteiger partial charge in [-0.2, -0.15) is 0 Å². The number of nitrogens with zero attached hydrogens (tertiary/aromatic N) is 3. The molecule has 0 atom stereocenters. The van der Waals surface area contributed by atoms with E-state index in [0.29, 0.717) is 5.11 Å². The number of imidazole rings is 1. The molecule has 0 aliphatic heterocycles. The maximum atomic E-state index is 5.18. The summed E-state index contributed by atoms with van der Waals surface area (Å²) in [6.45, 7) is 2.08. The lowest BCUT2D eigenvalue weighted by molar-refractivity contribution is 1.06. The highest BCUT2D eigenvalue weighted by Gasteiger charge is 2.03. The number of hydrogen-bond acceptors (Lipinski definition) is 4. The van der Waals surface area contributed by atoms with Crippen LogP contribution < -0.4 is 5.32 Å². The highest BCUT2D eigenvalue weighted by Crippen LogP contribution is 2.15. The third-order valence-electron chi connectivity index (χ3n) is 1.87. The third kappa shape index (κ3) is 2.40. The number of thiocarbonyl (C=S) groups is 1. The van der Waals surface area contributed by atoms with Gasteiger partial charge in [-0.3, -0.25) is 4.57 Å². The highest BCUT2D eigenvalue weighted by molar-refractivity contribution is 7.80. The van der Waals surface area contributed by atoms with Gasteiger partial charge in [0.15, 0.2) is 10.2 Å². The summed E-state index contributed by atoms with van der Waals surface area (Å²) in [6, 6.07) is 0. The van der Waals surface area contributed by atoms with E-state index in [1.807, 2.05) is 5.38 Å².